The molecule has 1 N–H and O–H groups in total. The van der Waals surface area contributed by atoms with Gasteiger partial charge < -0.3 is 5.11 Å². The van der Waals surface area contributed by atoms with Gasteiger partial charge in [0, 0.05) is 11.3 Å². The fourth-order valence-corrected chi connectivity index (χ4v) is 3.91. The fraction of sp³-hybridized carbons (Fsp3) is 0.333. The van der Waals surface area contributed by atoms with Gasteiger partial charge in [-0.3, -0.25) is 9.69 Å². The predicted molar refractivity (Wildman–Crippen MR) is 105 cm³/mol. The maximum Gasteiger partial charge on any atom is 0.321 e. The third-order valence-electron chi connectivity index (χ3n) is 5.04. The zero-order valence-corrected chi connectivity index (χ0v) is 15.5. The van der Waals surface area contributed by atoms with E-state index in [1.54, 1.807) is 0 Å². The number of likely N-dealkylation sites (N-methyl/N-ethyl adjacent to an activating group) is 1. The molecule has 0 radical (unpaired) electrons. The van der Waals surface area contributed by atoms with Gasteiger partial charge in [0.25, 0.3) is 0 Å². The smallest absolute Gasteiger partial charge is 0.321 e. The molecule has 4 heteroatoms. The summed E-state index contributed by atoms with van der Waals surface area (Å²) < 4.78 is 0. The van der Waals surface area contributed by atoms with E-state index in [4.69, 9.17) is 12.2 Å². The number of thiocarbonyl (C=S) groups is 1. The highest BCUT2D eigenvalue weighted by Crippen LogP contribution is 2.37. The molecular formula is C21H23NO2S. The Morgan fingerprint density at radius 3 is 2.48 bits per heavy atom. The van der Waals surface area contributed by atoms with Crippen LogP contribution in [0.4, 0.5) is 0 Å². The van der Waals surface area contributed by atoms with Crippen LogP contribution in [0.1, 0.15) is 37.0 Å². The minimum absolute atomic E-state index is 0.368. The van der Waals surface area contributed by atoms with Crippen molar-refractivity contribution in [2.45, 2.75) is 32.7 Å². The molecule has 0 bridgehead atoms. The number of hydrogen-bond acceptors (Lipinski definition) is 3. The second kappa shape index (κ2) is 7.46. The van der Waals surface area contributed by atoms with E-state index in [1.165, 1.54) is 22.3 Å². The van der Waals surface area contributed by atoms with Gasteiger partial charge in [-0.25, -0.2) is 0 Å². The largest absolute Gasteiger partial charge is 0.480 e. The topological polar surface area (TPSA) is 40.5 Å². The Balaban J connectivity index is 1.86. The Morgan fingerprint density at radius 1 is 1.12 bits per heavy atom. The summed E-state index contributed by atoms with van der Waals surface area (Å²) in [4.78, 5) is 14.3. The first kappa shape index (κ1) is 17.8. The van der Waals surface area contributed by atoms with Gasteiger partial charge in [0.2, 0.25) is 0 Å². The van der Waals surface area contributed by atoms with Gasteiger partial charge in [-0.05, 0) is 53.4 Å². The molecule has 2 aromatic rings. The van der Waals surface area contributed by atoms with Crippen LogP contribution in [0.2, 0.25) is 0 Å². The number of carbonyl (C=O) groups is 1. The normalized spacial score (nSPS) is 13.4. The third-order valence-corrected chi connectivity index (χ3v) is 5.44. The van der Waals surface area contributed by atoms with Gasteiger partial charge in [-0.2, -0.15) is 0 Å². The summed E-state index contributed by atoms with van der Waals surface area (Å²) in [5.41, 5.74) is 6.10. The molecule has 0 amide bonds. The molecule has 2 aromatic carbocycles. The monoisotopic (exact) mass is 353 g/mol. The SMILES string of the molecule is CCN(CC)C(CC(=S)c1ccc2c(c1)-c1ccccc1C2)C(=O)O. The zero-order chi connectivity index (χ0) is 18.0. The number of carboxylic acids is 1. The van der Waals surface area contributed by atoms with Crippen molar-refractivity contribution in [3.63, 3.8) is 0 Å². The zero-order valence-electron chi connectivity index (χ0n) is 14.7. The van der Waals surface area contributed by atoms with E-state index in [0.717, 1.165) is 12.0 Å². The summed E-state index contributed by atoms with van der Waals surface area (Å²) in [6, 6.07) is 14.2. The maximum absolute atomic E-state index is 11.7. The molecule has 0 spiro atoms. The molecule has 1 atom stereocenters. The number of benzene rings is 2. The second-order valence-electron chi connectivity index (χ2n) is 6.41. The first-order valence-electron chi connectivity index (χ1n) is 8.76. The van der Waals surface area contributed by atoms with Crippen molar-refractivity contribution in [3.05, 3.63) is 59.2 Å². The Hall–Kier alpha value is -2.04. The Labute approximate surface area is 154 Å². The summed E-state index contributed by atoms with van der Waals surface area (Å²) in [5.74, 6) is -0.808. The molecule has 0 saturated heterocycles. The van der Waals surface area contributed by atoms with Crippen molar-refractivity contribution in [2.75, 3.05) is 13.1 Å². The van der Waals surface area contributed by atoms with Crippen LogP contribution < -0.4 is 0 Å². The molecule has 3 nitrogen and oxygen atoms in total. The molecule has 1 unspecified atom stereocenters. The summed E-state index contributed by atoms with van der Waals surface area (Å²) in [6.07, 6.45) is 1.32. The first-order chi connectivity index (χ1) is 12.0. The quantitative estimate of drug-likeness (QED) is 0.511. The molecule has 130 valence electrons. The summed E-state index contributed by atoms with van der Waals surface area (Å²) in [6.45, 7) is 5.37. The number of hydrogen-bond donors (Lipinski definition) is 1. The Kier molecular flexibility index (Phi) is 5.30. The van der Waals surface area contributed by atoms with Gasteiger partial charge in [0.05, 0.1) is 0 Å². The predicted octanol–water partition coefficient (Wildman–Crippen LogP) is 4.16. The average Bonchev–Trinajstić information content (AvgIpc) is 2.99. The van der Waals surface area contributed by atoms with Gasteiger partial charge >= 0.3 is 5.97 Å². The van der Waals surface area contributed by atoms with Gasteiger partial charge in [-0.1, -0.05) is 62.5 Å². The maximum atomic E-state index is 11.7. The Morgan fingerprint density at radius 2 is 1.80 bits per heavy atom. The van der Waals surface area contributed by atoms with Crippen LogP contribution in [-0.4, -0.2) is 40.0 Å². The molecule has 1 aliphatic rings. The minimum Gasteiger partial charge on any atom is -0.480 e. The van der Waals surface area contributed by atoms with E-state index in [2.05, 4.69) is 36.4 Å². The fourth-order valence-electron chi connectivity index (χ4n) is 3.63. The van der Waals surface area contributed by atoms with E-state index >= 15 is 0 Å². The van der Waals surface area contributed by atoms with Crippen LogP contribution in [0, 0.1) is 0 Å². The van der Waals surface area contributed by atoms with Crippen LogP contribution >= 0.6 is 12.2 Å². The van der Waals surface area contributed by atoms with E-state index < -0.39 is 12.0 Å². The summed E-state index contributed by atoms with van der Waals surface area (Å²) in [7, 11) is 0. The Bertz CT molecular complexity index is 811. The van der Waals surface area contributed by atoms with E-state index in [1.807, 2.05) is 24.8 Å². The molecule has 0 fully saturated rings. The molecular weight excluding hydrogens is 330 g/mol. The van der Waals surface area contributed by atoms with Crippen molar-refractivity contribution in [3.8, 4) is 11.1 Å². The van der Waals surface area contributed by atoms with Crippen molar-refractivity contribution < 1.29 is 9.90 Å². The number of aliphatic carboxylic acids is 1. The number of rotatable bonds is 7. The van der Waals surface area contributed by atoms with Crippen molar-refractivity contribution in [1.29, 1.82) is 0 Å². The number of carboxylic acid groups (broad SMARTS) is 1. The van der Waals surface area contributed by atoms with E-state index in [0.29, 0.717) is 24.4 Å². The summed E-state index contributed by atoms with van der Waals surface area (Å²) in [5, 5.41) is 9.59. The van der Waals surface area contributed by atoms with E-state index in [-0.39, 0.29) is 0 Å². The second-order valence-corrected chi connectivity index (χ2v) is 6.90. The lowest BCUT2D eigenvalue weighted by atomic mass is 9.98. The summed E-state index contributed by atoms with van der Waals surface area (Å²) >= 11 is 5.61. The van der Waals surface area contributed by atoms with Crippen molar-refractivity contribution in [2.24, 2.45) is 0 Å². The van der Waals surface area contributed by atoms with E-state index in [9.17, 15) is 9.90 Å². The highest BCUT2D eigenvalue weighted by molar-refractivity contribution is 7.80. The van der Waals surface area contributed by atoms with Gasteiger partial charge in [0.1, 0.15) is 6.04 Å². The van der Waals surface area contributed by atoms with Crippen molar-refractivity contribution >= 4 is 23.1 Å². The standard InChI is InChI=1S/C21H23NO2S/c1-3-22(4-2)19(21(23)24)13-20(25)16-10-9-15-11-14-7-5-6-8-17(14)18(15)12-16/h5-10,12,19H,3-4,11,13H2,1-2H3,(H,23,24). The molecule has 0 heterocycles. The van der Waals surface area contributed by atoms with Crippen LogP contribution in [0.3, 0.4) is 0 Å². The first-order valence-corrected chi connectivity index (χ1v) is 9.17. The highest BCUT2D eigenvalue weighted by Gasteiger charge is 2.26. The van der Waals surface area contributed by atoms with Crippen LogP contribution in [0.15, 0.2) is 42.5 Å². The lowest BCUT2D eigenvalue weighted by Gasteiger charge is -2.26. The molecule has 1 aliphatic carbocycles. The van der Waals surface area contributed by atoms with Crippen LogP contribution in [0.25, 0.3) is 11.1 Å². The average molecular weight is 353 g/mol. The van der Waals surface area contributed by atoms with Crippen LogP contribution in [-0.2, 0) is 11.2 Å². The van der Waals surface area contributed by atoms with Crippen LogP contribution in [0.5, 0.6) is 0 Å². The molecule has 3 rings (SSSR count). The van der Waals surface area contributed by atoms with Crippen molar-refractivity contribution in [1.82, 2.24) is 4.90 Å². The van der Waals surface area contributed by atoms with Gasteiger partial charge in [-0.15, -0.1) is 0 Å². The molecule has 25 heavy (non-hydrogen) atoms. The number of nitrogens with zero attached hydrogens (tertiary/aromatic N) is 1. The number of fused-ring (bicyclic) bond motifs is 3. The lowest BCUT2D eigenvalue weighted by molar-refractivity contribution is -0.142. The lowest BCUT2D eigenvalue weighted by Crippen LogP contribution is -2.42. The molecule has 0 aliphatic heterocycles. The van der Waals surface area contributed by atoms with Gasteiger partial charge in [0.15, 0.2) is 0 Å². The molecule has 0 aromatic heterocycles. The third kappa shape index (κ3) is 3.51. The highest BCUT2D eigenvalue weighted by atomic mass is 32.1. The minimum atomic E-state index is -0.808. The molecule has 0 saturated carbocycles.